The molecule has 0 aliphatic carbocycles. The minimum absolute atomic E-state index is 0.0663. The average Bonchev–Trinajstić information content (AvgIpc) is 3.32. The second-order valence-electron chi connectivity index (χ2n) is 6.54. The molecule has 1 saturated heterocycles. The van der Waals surface area contributed by atoms with E-state index in [1.807, 2.05) is 0 Å². The average molecular weight is 403 g/mol. The van der Waals surface area contributed by atoms with Crippen LogP contribution >= 0.6 is 0 Å². The molecular weight excluding hydrogens is 378 g/mol. The van der Waals surface area contributed by atoms with Crippen LogP contribution in [-0.4, -0.2) is 74.1 Å². The first-order valence-electron chi connectivity index (χ1n) is 9.42. The molecule has 3 heterocycles. The van der Waals surface area contributed by atoms with E-state index in [-0.39, 0.29) is 19.1 Å². The van der Waals surface area contributed by atoms with Crippen LogP contribution in [-0.2, 0) is 9.53 Å². The number of rotatable bonds is 8. The predicted molar refractivity (Wildman–Crippen MR) is 105 cm³/mol. The molecule has 2 aromatic heterocycles. The number of nitrogens with one attached hydrogen (secondary N) is 2. The van der Waals surface area contributed by atoms with Crippen LogP contribution in [0.15, 0.2) is 12.7 Å². The van der Waals surface area contributed by atoms with Crippen molar-refractivity contribution in [3.05, 3.63) is 12.7 Å². The van der Waals surface area contributed by atoms with E-state index in [1.165, 1.54) is 6.33 Å². The second-order valence-corrected chi connectivity index (χ2v) is 6.54. The van der Waals surface area contributed by atoms with Crippen molar-refractivity contribution in [2.24, 2.45) is 5.73 Å². The third kappa shape index (κ3) is 5.18. The van der Waals surface area contributed by atoms with Crippen molar-refractivity contribution < 1.29 is 19.7 Å². The number of hydrogen-bond acceptors (Lipinski definition) is 9. The quantitative estimate of drug-likeness (QED) is 0.339. The van der Waals surface area contributed by atoms with Crippen molar-refractivity contribution in [2.45, 2.75) is 37.7 Å². The lowest BCUT2D eigenvalue weighted by molar-refractivity contribution is -0.120. The summed E-state index contributed by atoms with van der Waals surface area (Å²) in [5.74, 6) is 6.23. The van der Waals surface area contributed by atoms with Gasteiger partial charge in [0.25, 0.3) is 0 Å². The van der Waals surface area contributed by atoms with Crippen LogP contribution in [0.2, 0.25) is 0 Å². The third-order valence-corrected chi connectivity index (χ3v) is 4.50. The van der Waals surface area contributed by atoms with Crippen molar-refractivity contribution in [2.75, 3.05) is 31.6 Å². The summed E-state index contributed by atoms with van der Waals surface area (Å²) in [4.78, 5) is 24.2. The highest BCUT2D eigenvalue weighted by atomic mass is 16.5. The lowest BCUT2D eigenvalue weighted by Gasteiger charge is -2.13. The Hall–Kier alpha value is -2.78. The summed E-state index contributed by atoms with van der Waals surface area (Å²) in [6.07, 6.45) is 2.55. The number of carbonyl (C=O) groups is 1. The van der Waals surface area contributed by atoms with Crippen LogP contribution in [0.3, 0.4) is 0 Å². The maximum Gasteiger partial charge on any atom is 0.220 e. The fourth-order valence-electron chi connectivity index (χ4n) is 2.99. The largest absolute Gasteiger partial charge is 0.394 e. The summed E-state index contributed by atoms with van der Waals surface area (Å²) >= 11 is 0. The Morgan fingerprint density at radius 1 is 1.34 bits per heavy atom. The molecule has 0 bridgehead atoms. The SMILES string of the molecule is NCCCC(=O)NCC#CCNc1ncnc2c1ncn2[C@H]1C[C@H](O)[C@@H](CO)O1. The van der Waals surface area contributed by atoms with Crippen LogP contribution in [0.5, 0.6) is 0 Å². The molecule has 0 saturated carbocycles. The van der Waals surface area contributed by atoms with Gasteiger partial charge >= 0.3 is 0 Å². The smallest absolute Gasteiger partial charge is 0.220 e. The zero-order valence-electron chi connectivity index (χ0n) is 15.9. The molecule has 1 aliphatic rings. The summed E-state index contributed by atoms with van der Waals surface area (Å²) < 4.78 is 7.37. The van der Waals surface area contributed by atoms with Gasteiger partial charge < -0.3 is 31.3 Å². The highest BCUT2D eigenvalue weighted by Gasteiger charge is 2.35. The molecule has 6 N–H and O–H groups in total. The van der Waals surface area contributed by atoms with E-state index in [2.05, 4.69) is 37.4 Å². The van der Waals surface area contributed by atoms with Crippen LogP contribution < -0.4 is 16.4 Å². The fourth-order valence-corrected chi connectivity index (χ4v) is 2.99. The van der Waals surface area contributed by atoms with Crippen LogP contribution in [0, 0.1) is 11.8 Å². The topological polar surface area (TPSA) is 160 Å². The zero-order chi connectivity index (χ0) is 20.6. The Labute approximate surface area is 167 Å². The van der Waals surface area contributed by atoms with Gasteiger partial charge in [-0.15, -0.1) is 0 Å². The highest BCUT2D eigenvalue weighted by Crippen LogP contribution is 2.31. The molecule has 2 aromatic rings. The first-order chi connectivity index (χ1) is 14.1. The van der Waals surface area contributed by atoms with E-state index in [0.717, 1.165) is 0 Å². The molecular formula is C18H25N7O4. The monoisotopic (exact) mass is 403 g/mol. The van der Waals surface area contributed by atoms with Gasteiger partial charge in [-0.25, -0.2) is 15.0 Å². The Morgan fingerprint density at radius 3 is 2.93 bits per heavy atom. The molecule has 3 atom stereocenters. The van der Waals surface area contributed by atoms with E-state index in [4.69, 9.17) is 10.5 Å². The van der Waals surface area contributed by atoms with Gasteiger partial charge in [-0.2, -0.15) is 0 Å². The standard InChI is InChI=1S/C18H25N7O4/c19-5-3-4-14(28)20-6-1-2-7-21-17-16-18(23-10-22-17)25(11-24-16)15-8-12(27)13(9-26)29-15/h10-13,15,26-27H,3-9,19H2,(H,20,28)(H,21,22,23)/t12-,13+,15+/m0/s1. The maximum atomic E-state index is 11.5. The summed E-state index contributed by atoms with van der Waals surface area (Å²) in [5, 5.41) is 25.0. The van der Waals surface area contributed by atoms with Crippen LogP contribution in [0.4, 0.5) is 5.82 Å². The molecule has 1 aliphatic heterocycles. The highest BCUT2D eigenvalue weighted by molar-refractivity contribution is 5.82. The molecule has 0 spiro atoms. The molecule has 3 rings (SSSR count). The van der Waals surface area contributed by atoms with Crippen molar-refractivity contribution >= 4 is 22.9 Å². The van der Waals surface area contributed by atoms with Crippen LogP contribution in [0.25, 0.3) is 11.2 Å². The first-order valence-corrected chi connectivity index (χ1v) is 9.42. The van der Waals surface area contributed by atoms with Gasteiger partial charge in [0.2, 0.25) is 5.91 Å². The molecule has 156 valence electrons. The van der Waals surface area contributed by atoms with Crippen LogP contribution in [0.1, 0.15) is 25.5 Å². The first kappa shape index (κ1) is 20.9. The zero-order valence-corrected chi connectivity index (χ0v) is 15.9. The number of fused-ring (bicyclic) bond motifs is 1. The number of imidazole rings is 1. The van der Waals surface area contributed by atoms with Gasteiger partial charge in [-0.3, -0.25) is 9.36 Å². The number of carbonyl (C=O) groups excluding carboxylic acids is 1. The lowest BCUT2D eigenvalue weighted by atomic mass is 10.2. The predicted octanol–water partition coefficient (Wildman–Crippen LogP) is -1.26. The number of amides is 1. The number of aromatic nitrogens is 4. The minimum atomic E-state index is -0.743. The summed E-state index contributed by atoms with van der Waals surface area (Å²) in [6.45, 7) is 0.828. The lowest BCUT2D eigenvalue weighted by Crippen LogP contribution is -2.24. The van der Waals surface area contributed by atoms with Crippen molar-refractivity contribution in [3.63, 3.8) is 0 Å². The van der Waals surface area contributed by atoms with Crippen molar-refractivity contribution in [3.8, 4) is 11.8 Å². The van der Waals surface area contributed by atoms with E-state index in [1.54, 1.807) is 10.9 Å². The molecule has 0 aromatic carbocycles. The molecule has 0 radical (unpaired) electrons. The van der Waals surface area contributed by atoms with Crippen molar-refractivity contribution in [1.29, 1.82) is 0 Å². The minimum Gasteiger partial charge on any atom is -0.394 e. The number of nitrogens with zero attached hydrogens (tertiary/aromatic N) is 4. The normalized spacial score (nSPS) is 21.0. The number of nitrogens with two attached hydrogens (primary N) is 1. The maximum absolute atomic E-state index is 11.5. The van der Waals surface area contributed by atoms with Gasteiger partial charge in [-0.1, -0.05) is 11.8 Å². The summed E-state index contributed by atoms with van der Waals surface area (Å²) in [7, 11) is 0. The summed E-state index contributed by atoms with van der Waals surface area (Å²) in [5.41, 5.74) is 6.47. The van der Waals surface area contributed by atoms with E-state index in [0.29, 0.717) is 49.3 Å². The van der Waals surface area contributed by atoms with Gasteiger partial charge in [0.15, 0.2) is 17.0 Å². The van der Waals surface area contributed by atoms with E-state index < -0.39 is 18.4 Å². The summed E-state index contributed by atoms with van der Waals surface area (Å²) in [6, 6.07) is 0. The number of aliphatic hydroxyl groups excluding tert-OH is 2. The molecule has 29 heavy (non-hydrogen) atoms. The van der Waals surface area contributed by atoms with E-state index in [9.17, 15) is 15.0 Å². The Bertz CT molecular complexity index is 891. The molecule has 11 nitrogen and oxygen atoms in total. The van der Waals surface area contributed by atoms with Gasteiger partial charge in [0, 0.05) is 12.8 Å². The fraction of sp³-hybridized carbons (Fsp3) is 0.556. The molecule has 0 unspecified atom stereocenters. The molecule has 1 fully saturated rings. The number of hydrogen-bond donors (Lipinski definition) is 5. The third-order valence-electron chi connectivity index (χ3n) is 4.50. The van der Waals surface area contributed by atoms with Gasteiger partial charge in [-0.05, 0) is 13.0 Å². The van der Waals surface area contributed by atoms with E-state index >= 15 is 0 Å². The van der Waals surface area contributed by atoms with Crippen molar-refractivity contribution in [1.82, 2.24) is 24.8 Å². The Kier molecular flexibility index (Phi) is 7.31. The van der Waals surface area contributed by atoms with Gasteiger partial charge in [0.05, 0.1) is 32.1 Å². The molecule has 1 amide bonds. The number of anilines is 1. The number of ether oxygens (including phenoxy) is 1. The van der Waals surface area contributed by atoms with Gasteiger partial charge in [0.1, 0.15) is 18.7 Å². The molecule has 11 heteroatoms. The Morgan fingerprint density at radius 2 is 2.17 bits per heavy atom. The number of aliphatic hydroxyl groups is 2. The second kappa shape index (κ2) is 10.1. The Balaban J connectivity index is 1.57.